The van der Waals surface area contributed by atoms with E-state index in [1.54, 1.807) is 11.0 Å². The van der Waals surface area contributed by atoms with Crippen LogP contribution in [-0.2, 0) is 4.79 Å². The second-order valence-corrected chi connectivity index (χ2v) is 7.44. The number of rotatable bonds is 3. The van der Waals surface area contributed by atoms with E-state index >= 15 is 0 Å². The molecule has 1 aliphatic rings. The lowest BCUT2D eigenvalue weighted by Crippen LogP contribution is -2.41. The summed E-state index contributed by atoms with van der Waals surface area (Å²) in [5.74, 6) is -0.759. The van der Waals surface area contributed by atoms with E-state index in [4.69, 9.17) is 0 Å². The molecule has 3 rings (SSSR count). The van der Waals surface area contributed by atoms with E-state index in [0.717, 1.165) is 15.7 Å². The van der Waals surface area contributed by atoms with Crippen LogP contribution in [0.25, 0.3) is 0 Å². The molecule has 2 aromatic carbocycles. The Bertz CT molecular complexity index is 832. The first kappa shape index (κ1) is 18.6. The number of hydrogen-bond donors (Lipinski definition) is 1. The molecule has 4 nitrogen and oxygen atoms in total. The monoisotopic (exact) mass is 418 g/mol. The lowest BCUT2D eigenvalue weighted by Gasteiger charge is -2.31. The number of piperidine rings is 1. The maximum atomic E-state index is 13.3. The Hall–Kier alpha value is -2.21. The highest BCUT2D eigenvalue weighted by Crippen LogP contribution is 2.24. The molecule has 1 heterocycles. The summed E-state index contributed by atoms with van der Waals surface area (Å²) < 4.78 is 14.3. The number of aryl methyl sites for hydroxylation is 1. The van der Waals surface area contributed by atoms with Crippen LogP contribution in [0.1, 0.15) is 28.8 Å². The molecule has 136 valence electrons. The van der Waals surface area contributed by atoms with Crippen LogP contribution in [0.15, 0.2) is 46.9 Å². The van der Waals surface area contributed by atoms with Gasteiger partial charge in [-0.05, 0) is 61.7 Å². The number of nitrogens with zero attached hydrogens (tertiary/aromatic N) is 1. The van der Waals surface area contributed by atoms with Crippen molar-refractivity contribution >= 4 is 33.4 Å². The fourth-order valence-electron chi connectivity index (χ4n) is 3.15. The highest BCUT2D eigenvalue weighted by molar-refractivity contribution is 9.10. The maximum Gasteiger partial charge on any atom is 0.253 e. The predicted octanol–water partition coefficient (Wildman–Crippen LogP) is 4.39. The summed E-state index contributed by atoms with van der Waals surface area (Å²) in [6, 6.07) is 11.4. The molecule has 6 heteroatoms. The first-order valence-electron chi connectivity index (χ1n) is 8.56. The van der Waals surface area contributed by atoms with Gasteiger partial charge in [0.1, 0.15) is 5.82 Å². The minimum atomic E-state index is -0.421. The number of anilines is 1. The van der Waals surface area contributed by atoms with Gasteiger partial charge in [0.2, 0.25) is 5.91 Å². The molecule has 1 N–H and O–H groups in total. The third kappa shape index (κ3) is 4.30. The Labute approximate surface area is 160 Å². The number of nitrogens with one attached hydrogen (secondary N) is 1. The number of halogens is 2. The smallest absolute Gasteiger partial charge is 0.253 e. The lowest BCUT2D eigenvalue weighted by molar-refractivity contribution is -0.121. The van der Waals surface area contributed by atoms with E-state index in [0.29, 0.717) is 31.5 Å². The van der Waals surface area contributed by atoms with Gasteiger partial charge in [-0.15, -0.1) is 0 Å². The zero-order chi connectivity index (χ0) is 18.7. The normalized spacial score (nSPS) is 15.0. The van der Waals surface area contributed by atoms with Gasteiger partial charge < -0.3 is 10.2 Å². The molecule has 0 unspecified atom stereocenters. The quantitative estimate of drug-likeness (QED) is 0.803. The second-order valence-electron chi connectivity index (χ2n) is 6.53. The molecule has 2 aromatic rings. The first-order valence-corrected chi connectivity index (χ1v) is 9.35. The molecule has 1 fully saturated rings. The van der Waals surface area contributed by atoms with Crippen molar-refractivity contribution in [3.63, 3.8) is 0 Å². The Morgan fingerprint density at radius 3 is 2.54 bits per heavy atom. The summed E-state index contributed by atoms with van der Waals surface area (Å²) in [6.45, 7) is 2.93. The van der Waals surface area contributed by atoms with Crippen molar-refractivity contribution in [1.82, 2.24) is 4.90 Å². The number of hydrogen-bond acceptors (Lipinski definition) is 2. The molecular formula is C20H20BrFN2O2. The van der Waals surface area contributed by atoms with Crippen LogP contribution >= 0.6 is 15.9 Å². The van der Waals surface area contributed by atoms with Crippen LogP contribution < -0.4 is 5.32 Å². The van der Waals surface area contributed by atoms with Gasteiger partial charge in [0.25, 0.3) is 5.91 Å². The predicted molar refractivity (Wildman–Crippen MR) is 103 cm³/mol. The van der Waals surface area contributed by atoms with E-state index in [-0.39, 0.29) is 17.7 Å². The largest absolute Gasteiger partial charge is 0.339 e. The number of carbonyl (C=O) groups excluding carboxylic acids is 2. The van der Waals surface area contributed by atoms with E-state index in [2.05, 4.69) is 21.2 Å². The van der Waals surface area contributed by atoms with Crippen LogP contribution in [0.5, 0.6) is 0 Å². The SMILES string of the molecule is Cc1cc(Br)ccc1NC(=O)C1CCN(C(=O)c2cccc(F)c2)CC1. The van der Waals surface area contributed by atoms with Crippen molar-refractivity contribution in [2.45, 2.75) is 19.8 Å². The molecule has 0 spiro atoms. The Morgan fingerprint density at radius 1 is 1.15 bits per heavy atom. The standard InChI is InChI=1S/C20H20BrFN2O2/c1-13-11-16(21)5-6-18(13)23-19(25)14-7-9-24(10-8-14)20(26)15-3-2-4-17(22)12-15/h2-6,11-12,14H,7-10H2,1H3,(H,23,25). The molecule has 1 aliphatic heterocycles. The summed E-state index contributed by atoms with van der Waals surface area (Å²) in [5.41, 5.74) is 2.14. The minimum Gasteiger partial charge on any atom is -0.339 e. The molecule has 0 aliphatic carbocycles. The van der Waals surface area contributed by atoms with E-state index in [1.165, 1.54) is 18.2 Å². The Morgan fingerprint density at radius 2 is 1.88 bits per heavy atom. The van der Waals surface area contributed by atoms with Crippen molar-refractivity contribution in [3.05, 3.63) is 63.9 Å². The molecular weight excluding hydrogens is 399 g/mol. The number of benzene rings is 2. The first-order chi connectivity index (χ1) is 12.4. The van der Waals surface area contributed by atoms with Gasteiger partial charge >= 0.3 is 0 Å². The van der Waals surface area contributed by atoms with Crippen molar-refractivity contribution in [1.29, 1.82) is 0 Å². The molecule has 0 atom stereocenters. The molecule has 0 aromatic heterocycles. The van der Waals surface area contributed by atoms with Gasteiger partial charge in [-0.25, -0.2) is 4.39 Å². The molecule has 0 bridgehead atoms. The fraction of sp³-hybridized carbons (Fsp3) is 0.300. The van der Waals surface area contributed by atoms with Gasteiger partial charge in [-0.2, -0.15) is 0 Å². The van der Waals surface area contributed by atoms with Crippen LogP contribution in [0.4, 0.5) is 10.1 Å². The van der Waals surface area contributed by atoms with Gasteiger partial charge in [0.15, 0.2) is 0 Å². The summed E-state index contributed by atoms with van der Waals surface area (Å²) in [4.78, 5) is 26.7. The van der Waals surface area contributed by atoms with Crippen molar-refractivity contribution in [2.75, 3.05) is 18.4 Å². The zero-order valence-corrected chi connectivity index (χ0v) is 16.1. The zero-order valence-electron chi connectivity index (χ0n) is 14.5. The number of amides is 2. The highest BCUT2D eigenvalue weighted by atomic mass is 79.9. The topological polar surface area (TPSA) is 49.4 Å². The summed E-state index contributed by atoms with van der Waals surface area (Å²) in [5, 5.41) is 2.98. The average Bonchev–Trinajstić information content (AvgIpc) is 2.63. The maximum absolute atomic E-state index is 13.3. The van der Waals surface area contributed by atoms with Crippen LogP contribution in [-0.4, -0.2) is 29.8 Å². The molecule has 2 amide bonds. The van der Waals surface area contributed by atoms with Crippen molar-refractivity contribution < 1.29 is 14.0 Å². The second kappa shape index (κ2) is 7.99. The third-order valence-corrected chi connectivity index (χ3v) is 5.16. The van der Waals surface area contributed by atoms with E-state index in [1.807, 2.05) is 25.1 Å². The molecule has 0 radical (unpaired) electrons. The molecule has 26 heavy (non-hydrogen) atoms. The van der Waals surface area contributed by atoms with Crippen molar-refractivity contribution in [2.24, 2.45) is 5.92 Å². The van der Waals surface area contributed by atoms with Gasteiger partial charge in [-0.3, -0.25) is 9.59 Å². The van der Waals surface area contributed by atoms with Crippen LogP contribution in [0, 0.1) is 18.7 Å². The number of carbonyl (C=O) groups is 2. The number of likely N-dealkylation sites (tertiary alicyclic amines) is 1. The summed E-state index contributed by atoms with van der Waals surface area (Å²) in [6.07, 6.45) is 1.20. The highest BCUT2D eigenvalue weighted by Gasteiger charge is 2.28. The van der Waals surface area contributed by atoms with Crippen molar-refractivity contribution in [3.8, 4) is 0 Å². The fourth-order valence-corrected chi connectivity index (χ4v) is 3.63. The van der Waals surface area contributed by atoms with Gasteiger partial charge in [0, 0.05) is 34.7 Å². The van der Waals surface area contributed by atoms with Gasteiger partial charge in [0.05, 0.1) is 0 Å². The Kier molecular flexibility index (Phi) is 5.71. The molecule has 0 saturated carbocycles. The summed E-state index contributed by atoms with van der Waals surface area (Å²) >= 11 is 3.41. The van der Waals surface area contributed by atoms with Crippen LogP contribution in [0.2, 0.25) is 0 Å². The third-order valence-electron chi connectivity index (χ3n) is 4.67. The minimum absolute atomic E-state index is 0.0201. The van der Waals surface area contributed by atoms with Gasteiger partial charge in [-0.1, -0.05) is 22.0 Å². The van der Waals surface area contributed by atoms with E-state index < -0.39 is 5.82 Å². The lowest BCUT2D eigenvalue weighted by atomic mass is 9.95. The van der Waals surface area contributed by atoms with Crippen LogP contribution in [0.3, 0.4) is 0 Å². The van der Waals surface area contributed by atoms with E-state index in [9.17, 15) is 14.0 Å². The average molecular weight is 419 g/mol. The Balaban J connectivity index is 1.57. The summed E-state index contributed by atoms with van der Waals surface area (Å²) in [7, 11) is 0. The molecule has 1 saturated heterocycles.